The van der Waals surface area contributed by atoms with Gasteiger partial charge in [-0.25, -0.2) is 0 Å². The number of hydrogen-bond acceptors (Lipinski definition) is 2. The van der Waals surface area contributed by atoms with Crippen molar-refractivity contribution in [2.75, 3.05) is 19.7 Å². The summed E-state index contributed by atoms with van der Waals surface area (Å²) >= 11 is 3.47. The lowest BCUT2D eigenvalue weighted by Gasteiger charge is -2.19. The molecular weight excluding hydrogens is 290 g/mol. The van der Waals surface area contributed by atoms with E-state index < -0.39 is 0 Å². The first kappa shape index (κ1) is 14.0. The summed E-state index contributed by atoms with van der Waals surface area (Å²) in [4.78, 5) is 0. The van der Waals surface area contributed by atoms with Gasteiger partial charge in [0, 0.05) is 11.0 Å². The van der Waals surface area contributed by atoms with Gasteiger partial charge in [0.2, 0.25) is 0 Å². The van der Waals surface area contributed by atoms with E-state index in [0.29, 0.717) is 0 Å². The molecule has 0 aromatic heterocycles. The van der Waals surface area contributed by atoms with E-state index in [1.54, 1.807) is 0 Å². The summed E-state index contributed by atoms with van der Waals surface area (Å²) < 4.78 is 7.18. The molecule has 1 saturated carbocycles. The molecular formula is C15H22BrNO. The maximum Gasteiger partial charge on any atom is 0.0949 e. The highest BCUT2D eigenvalue weighted by Gasteiger charge is 2.23. The molecule has 1 aliphatic rings. The van der Waals surface area contributed by atoms with Gasteiger partial charge in [-0.15, -0.1) is 0 Å². The lowest BCUT2D eigenvalue weighted by atomic mass is 10.1. The minimum atomic E-state index is 0.185. The standard InChI is InChI=1S/C15H22BrNO/c1-2-9-17-10-15(18-11-12-3-4-12)13-5-7-14(16)8-6-13/h5-8,12,15,17H,2-4,9-11H2,1H3. The molecule has 0 bridgehead atoms. The highest BCUT2D eigenvalue weighted by molar-refractivity contribution is 9.10. The van der Waals surface area contributed by atoms with Crippen LogP contribution in [0.3, 0.4) is 0 Å². The van der Waals surface area contributed by atoms with Crippen LogP contribution in [0.5, 0.6) is 0 Å². The molecule has 18 heavy (non-hydrogen) atoms. The van der Waals surface area contributed by atoms with Crippen LogP contribution in [0.25, 0.3) is 0 Å². The van der Waals surface area contributed by atoms with E-state index in [1.165, 1.54) is 18.4 Å². The van der Waals surface area contributed by atoms with Crippen LogP contribution in [0.1, 0.15) is 37.9 Å². The van der Waals surface area contributed by atoms with Crippen LogP contribution in [0.4, 0.5) is 0 Å². The molecule has 1 N–H and O–H groups in total. The zero-order chi connectivity index (χ0) is 12.8. The number of hydrogen-bond donors (Lipinski definition) is 1. The van der Waals surface area contributed by atoms with Crippen molar-refractivity contribution in [2.45, 2.75) is 32.3 Å². The highest BCUT2D eigenvalue weighted by Crippen LogP contribution is 2.31. The van der Waals surface area contributed by atoms with Crippen LogP contribution in [-0.4, -0.2) is 19.7 Å². The average Bonchev–Trinajstić information content (AvgIpc) is 3.19. The van der Waals surface area contributed by atoms with E-state index >= 15 is 0 Å². The summed E-state index contributed by atoms with van der Waals surface area (Å²) in [5, 5.41) is 3.46. The van der Waals surface area contributed by atoms with Gasteiger partial charge >= 0.3 is 0 Å². The molecule has 1 atom stereocenters. The molecule has 0 spiro atoms. The number of benzene rings is 1. The molecule has 1 unspecified atom stereocenters. The second-order valence-electron chi connectivity index (χ2n) is 5.02. The summed E-state index contributed by atoms with van der Waals surface area (Å²) in [6.07, 6.45) is 4.03. The number of halogens is 1. The molecule has 0 heterocycles. The Morgan fingerprint density at radius 1 is 1.33 bits per heavy atom. The number of rotatable bonds is 8. The Morgan fingerprint density at radius 3 is 2.67 bits per heavy atom. The summed E-state index contributed by atoms with van der Waals surface area (Å²) in [7, 11) is 0. The molecule has 100 valence electrons. The van der Waals surface area contributed by atoms with Crippen LogP contribution in [0, 0.1) is 5.92 Å². The predicted molar refractivity (Wildman–Crippen MR) is 78.7 cm³/mol. The van der Waals surface area contributed by atoms with Crippen molar-refractivity contribution in [1.29, 1.82) is 0 Å². The first-order valence-corrected chi connectivity index (χ1v) is 7.66. The van der Waals surface area contributed by atoms with Crippen LogP contribution in [0.15, 0.2) is 28.7 Å². The maximum absolute atomic E-state index is 6.06. The lowest BCUT2D eigenvalue weighted by Crippen LogP contribution is -2.24. The third kappa shape index (κ3) is 4.71. The van der Waals surface area contributed by atoms with Crippen LogP contribution in [-0.2, 0) is 4.74 Å². The fourth-order valence-electron chi connectivity index (χ4n) is 1.90. The van der Waals surface area contributed by atoms with E-state index in [0.717, 1.165) is 36.5 Å². The topological polar surface area (TPSA) is 21.3 Å². The van der Waals surface area contributed by atoms with E-state index in [-0.39, 0.29) is 6.10 Å². The molecule has 1 aromatic carbocycles. The zero-order valence-electron chi connectivity index (χ0n) is 11.0. The molecule has 3 heteroatoms. The summed E-state index contributed by atoms with van der Waals surface area (Å²) in [5.41, 5.74) is 1.27. The Labute approximate surface area is 118 Å². The van der Waals surface area contributed by atoms with Crippen molar-refractivity contribution in [3.63, 3.8) is 0 Å². The van der Waals surface area contributed by atoms with Gasteiger partial charge in [-0.1, -0.05) is 35.0 Å². The Kier molecular flexibility index (Phi) is 5.67. The van der Waals surface area contributed by atoms with Crippen LogP contribution >= 0.6 is 15.9 Å². The van der Waals surface area contributed by atoms with Crippen LogP contribution in [0.2, 0.25) is 0 Å². The monoisotopic (exact) mass is 311 g/mol. The fraction of sp³-hybridized carbons (Fsp3) is 0.600. The lowest BCUT2D eigenvalue weighted by molar-refractivity contribution is 0.0453. The van der Waals surface area contributed by atoms with Crippen molar-refractivity contribution in [2.24, 2.45) is 5.92 Å². The van der Waals surface area contributed by atoms with Gasteiger partial charge in [0.15, 0.2) is 0 Å². The van der Waals surface area contributed by atoms with Gasteiger partial charge in [-0.2, -0.15) is 0 Å². The number of nitrogens with one attached hydrogen (secondary N) is 1. The summed E-state index contributed by atoms with van der Waals surface area (Å²) in [5.74, 6) is 0.814. The van der Waals surface area contributed by atoms with Gasteiger partial charge in [0.1, 0.15) is 0 Å². The van der Waals surface area contributed by atoms with Gasteiger partial charge in [0.05, 0.1) is 12.7 Å². The van der Waals surface area contributed by atoms with E-state index in [4.69, 9.17) is 4.74 Å². The minimum Gasteiger partial charge on any atom is -0.372 e. The minimum absolute atomic E-state index is 0.185. The smallest absolute Gasteiger partial charge is 0.0949 e. The second kappa shape index (κ2) is 7.27. The normalized spacial score (nSPS) is 16.8. The van der Waals surface area contributed by atoms with Crippen molar-refractivity contribution in [1.82, 2.24) is 5.32 Å². The zero-order valence-corrected chi connectivity index (χ0v) is 12.6. The third-order valence-corrected chi connectivity index (χ3v) is 3.76. The molecule has 1 aliphatic carbocycles. The molecule has 0 amide bonds. The van der Waals surface area contributed by atoms with E-state index in [9.17, 15) is 0 Å². The average molecular weight is 312 g/mol. The van der Waals surface area contributed by atoms with Crippen molar-refractivity contribution >= 4 is 15.9 Å². The predicted octanol–water partition coefficient (Wildman–Crippen LogP) is 3.92. The first-order chi connectivity index (χ1) is 8.79. The molecule has 1 fully saturated rings. The first-order valence-electron chi connectivity index (χ1n) is 6.87. The van der Waals surface area contributed by atoms with Gasteiger partial charge in [-0.3, -0.25) is 0 Å². The van der Waals surface area contributed by atoms with Crippen molar-refractivity contribution in [3.05, 3.63) is 34.3 Å². The molecule has 2 rings (SSSR count). The highest BCUT2D eigenvalue weighted by atomic mass is 79.9. The maximum atomic E-state index is 6.06. The Bertz CT molecular complexity index is 348. The summed E-state index contributed by atoms with van der Waals surface area (Å²) in [6.45, 7) is 5.06. The fourth-order valence-corrected chi connectivity index (χ4v) is 2.16. The summed E-state index contributed by atoms with van der Waals surface area (Å²) in [6, 6.07) is 8.47. The second-order valence-corrected chi connectivity index (χ2v) is 5.94. The van der Waals surface area contributed by atoms with Gasteiger partial charge in [-0.05, 0) is 49.4 Å². The van der Waals surface area contributed by atoms with E-state index in [1.807, 2.05) is 0 Å². The molecule has 0 radical (unpaired) electrons. The Hall–Kier alpha value is -0.380. The van der Waals surface area contributed by atoms with Crippen molar-refractivity contribution in [3.8, 4) is 0 Å². The quantitative estimate of drug-likeness (QED) is 0.735. The van der Waals surface area contributed by atoms with Crippen LogP contribution < -0.4 is 5.32 Å². The SMILES string of the molecule is CCCNCC(OCC1CC1)c1ccc(Br)cc1. The molecule has 0 saturated heterocycles. The largest absolute Gasteiger partial charge is 0.372 e. The molecule has 0 aliphatic heterocycles. The molecule has 2 nitrogen and oxygen atoms in total. The van der Waals surface area contributed by atoms with E-state index in [2.05, 4.69) is 52.4 Å². The van der Waals surface area contributed by atoms with Crippen molar-refractivity contribution < 1.29 is 4.74 Å². The third-order valence-electron chi connectivity index (χ3n) is 3.23. The van der Waals surface area contributed by atoms with Gasteiger partial charge < -0.3 is 10.1 Å². The number of ether oxygens (including phenoxy) is 1. The Balaban J connectivity index is 1.90. The van der Waals surface area contributed by atoms with Gasteiger partial charge in [0.25, 0.3) is 0 Å². The molecule has 1 aromatic rings. The Morgan fingerprint density at radius 2 is 2.06 bits per heavy atom.